The monoisotopic (exact) mass is 208 g/mol. The molecule has 1 amide bonds. The zero-order chi connectivity index (χ0) is 10.9. The first kappa shape index (κ1) is 9.76. The topological polar surface area (TPSA) is 82.2 Å². The Morgan fingerprint density at radius 1 is 1.47 bits per heavy atom. The molecule has 0 bridgehead atoms. The average Bonchev–Trinajstić information content (AvgIpc) is 2.62. The molecule has 0 spiro atoms. The second-order valence-electron chi connectivity index (χ2n) is 3.78. The van der Waals surface area contributed by atoms with Crippen LogP contribution in [0.3, 0.4) is 0 Å². The summed E-state index contributed by atoms with van der Waals surface area (Å²) in [5.74, 6) is -1.31. The maximum atomic E-state index is 11.6. The number of aromatic nitrogens is 1. The summed E-state index contributed by atoms with van der Waals surface area (Å²) in [5, 5.41) is 11.6. The summed E-state index contributed by atoms with van der Waals surface area (Å²) >= 11 is 0. The van der Waals surface area contributed by atoms with Crippen LogP contribution >= 0.6 is 0 Å². The van der Waals surface area contributed by atoms with Crippen molar-refractivity contribution in [3.8, 4) is 0 Å². The van der Waals surface area contributed by atoms with Crippen LogP contribution in [-0.2, 0) is 4.79 Å². The highest BCUT2D eigenvalue weighted by Crippen LogP contribution is 2.32. The molecule has 5 heteroatoms. The van der Waals surface area contributed by atoms with Crippen molar-refractivity contribution in [3.05, 3.63) is 24.0 Å². The Morgan fingerprint density at radius 2 is 2.20 bits per heavy atom. The lowest BCUT2D eigenvalue weighted by Gasteiger charge is -2.38. The molecule has 2 rings (SSSR count). The van der Waals surface area contributed by atoms with Gasteiger partial charge in [0.25, 0.3) is 5.91 Å². The van der Waals surface area contributed by atoms with Gasteiger partial charge in [-0.2, -0.15) is 0 Å². The summed E-state index contributed by atoms with van der Waals surface area (Å²) in [7, 11) is 0. The number of hydrogen-bond acceptors (Lipinski definition) is 2. The third-order valence-corrected chi connectivity index (χ3v) is 2.81. The molecule has 0 radical (unpaired) electrons. The number of nitrogens with one attached hydrogen (secondary N) is 2. The van der Waals surface area contributed by atoms with E-state index < -0.39 is 11.5 Å². The molecular weight excluding hydrogens is 196 g/mol. The number of aromatic amines is 1. The molecule has 80 valence electrons. The SMILES string of the molecule is O=C(NC1(C(=O)O)CCC1)c1ccc[nH]1. The van der Waals surface area contributed by atoms with Crippen LogP contribution in [0, 0.1) is 0 Å². The Bertz CT molecular complexity index is 379. The van der Waals surface area contributed by atoms with Crippen LogP contribution in [0.2, 0.25) is 0 Å². The van der Waals surface area contributed by atoms with Crippen LogP contribution in [-0.4, -0.2) is 27.5 Å². The smallest absolute Gasteiger partial charge is 0.329 e. The number of amides is 1. The van der Waals surface area contributed by atoms with Gasteiger partial charge >= 0.3 is 5.97 Å². The van der Waals surface area contributed by atoms with Gasteiger partial charge in [-0.3, -0.25) is 4.79 Å². The molecule has 1 aliphatic rings. The van der Waals surface area contributed by atoms with Gasteiger partial charge in [-0.25, -0.2) is 4.79 Å². The minimum atomic E-state index is -1.04. The van der Waals surface area contributed by atoms with Gasteiger partial charge in [-0.15, -0.1) is 0 Å². The minimum absolute atomic E-state index is 0.359. The first-order valence-electron chi connectivity index (χ1n) is 4.83. The Kier molecular flexibility index (Phi) is 2.22. The summed E-state index contributed by atoms with van der Waals surface area (Å²) < 4.78 is 0. The van der Waals surface area contributed by atoms with E-state index in [-0.39, 0.29) is 5.91 Å². The number of H-pyrrole nitrogens is 1. The van der Waals surface area contributed by atoms with Gasteiger partial charge in [0.05, 0.1) is 0 Å². The second kappa shape index (κ2) is 3.42. The van der Waals surface area contributed by atoms with E-state index >= 15 is 0 Å². The molecule has 0 aromatic carbocycles. The standard InChI is InChI=1S/C10H12N2O3/c13-8(7-3-1-6-11-7)12-10(9(14)15)4-2-5-10/h1,3,6,11H,2,4-5H2,(H,12,13)(H,14,15). The number of aliphatic carboxylic acids is 1. The molecule has 1 aromatic heterocycles. The highest BCUT2D eigenvalue weighted by atomic mass is 16.4. The van der Waals surface area contributed by atoms with E-state index in [0.29, 0.717) is 18.5 Å². The van der Waals surface area contributed by atoms with E-state index in [4.69, 9.17) is 5.11 Å². The normalized spacial score (nSPS) is 17.9. The molecule has 1 fully saturated rings. The molecule has 1 heterocycles. The Balaban J connectivity index is 2.08. The molecule has 3 N–H and O–H groups in total. The van der Waals surface area contributed by atoms with E-state index in [0.717, 1.165) is 6.42 Å². The highest BCUT2D eigenvalue weighted by Gasteiger charge is 2.45. The van der Waals surface area contributed by atoms with Crippen molar-refractivity contribution >= 4 is 11.9 Å². The number of hydrogen-bond donors (Lipinski definition) is 3. The predicted molar refractivity (Wildman–Crippen MR) is 52.5 cm³/mol. The van der Waals surface area contributed by atoms with Crippen LogP contribution < -0.4 is 5.32 Å². The average molecular weight is 208 g/mol. The quantitative estimate of drug-likeness (QED) is 0.685. The van der Waals surface area contributed by atoms with Gasteiger partial charge in [0, 0.05) is 6.20 Å². The summed E-state index contributed by atoms with van der Waals surface area (Å²) in [6.45, 7) is 0. The van der Waals surface area contributed by atoms with Gasteiger partial charge in [-0.1, -0.05) is 0 Å². The predicted octanol–water partition coefficient (Wildman–Crippen LogP) is 0.752. The lowest BCUT2D eigenvalue weighted by Crippen LogP contribution is -2.59. The lowest BCUT2D eigenvalue weighted by atomic mass is 9.76. The van der Waals surface area contributed by atoms with Gasteiger partial charge in [0.1, 0.15) is 11.2 Å². The van der Waals surface area contributed by atoms with Crippen molar-refractivity contribution in [3.63, 3.8) is 0 Å². The lowest BCUT2D eigenvalue weighted by molar-refractivity contribution is -0.148. The fourth-order valence-corrected chi connectivity index (χ4v) is 1.68. The number of carbonyl (C=O) groups excluding carboxylic acids is 1. The minimum Gasteiger partial charge on any atom is -0.480 e. The molecule has 1 saturated carbocycles. The van der Waals surface area contributed by atoms with Crippen molar-refractivity contribution in [1.82, 2.24) is 10.3 Å². The van der Waals surface area contributed by atoms with Crippen LogP contribution in [0.1, 0.15) is 29.8 Å². The van der Waals surface area contributed by atoms with Crippen molar-refractivity contribution < 1.29 is 14.7 Å². The highest BCUT2D eigenvalue weighted by molar-refractivity contribution is 5.96. The molecular formula is C10H12N2O3. The maximum absolute atomic E-state index is 11.6. The number of carboxylic acid groups (broad SMARTS) is 1. The van der Waals surface area contributed by atoms with Crippen molar-refractivity contribution in [2.24, 2.45) is 0 Å². The van der Waals surface area contributed by atoms with E-state index in [9.17, 15) is 9.59 Å². The maximum Gasteiger partial charge on any atom is 0.329 e. The Labute approximate surface area is 86.5 Å². The van der Waals surface area contributed by atoms with Gasteiger partial charge in [0.15, 0.2) is 0 Å². The number of rotatable bonds is 3. The fourth-order valence-electron chi connectivity index (χ4n) is 1.68. The molecule has 0 aliphatic heterocycles. The van der Waals surface area contributed by atoms with E-state index in [1.54, 1.807) is 18.3 Å². The largest absolute Gasteiger partial charge is 0.480 e. The summed E-state index contributed by atoms with van der Waals surface area (Å²) in [6, 6.07) is 3.31. The summed E-state index contributed by atoms with van der Waals surface area (Å²) in [5.41, 5.74) is -0.648. The zero-order valence-electron chi connectivity index (χ0n) is 8.12. The second-order valence-corrected chi connectivity index (χ2v) is 3.78. The van der Waals surface area contributed by atoms with E-state index in [2.05, 4.69) is 10.3 Å². The Morgan fingerprint density at radius 3 is 2.60 bits per heavy atom. The third kappa shape index (κ3) is 1.60. The van der Waals surface area contributed by atoms with Gasteiger partial charge in [-0.05, 0) is 31.4 Å². The van der Waals surface area contributed by atoms with Crippen molar-refractivity contribution in [2.45, 2.75) is 24.8 Å². The van der Waals surface area contributed by atoms with Gasteiger partial charge in [0.2, 0.25) is 0 Å². The summed E-state index contributed by atoms with van der Waals surface area (Å²) in [4.78, 5) is 25.3. The van der Waals surface area contributed by atoms with Crippen LogP contribution in [0.25, 0.3) is 0 Å². The zero-order valence-corrected chi connectivity index (χ0v) is 8.12. The molecule has 0 atom stereocenters. The van der Waals surface area contributed by atoms with Gasteiger partial charge < -0.3 is 15.4 Å². The van der Waals surface area contributed by atoms with E-state index in [1.807, 2.05) is 0 Å². The number of carboxylic acids is 1. The van der Waals surface area contributed by atoms with Crippen molar-refractivity contribution in [1.29, 1.82) is 0 Å². The van der Waals surface area contributed by atoms with E-state index in [1.165, 1.54) is 0 Å². The molecule has 1 aliphatic carbocycles. The summed E-state index contributed by atoms with van der Waals surface area (Å²) in [6.07, 6.45) is 3.49. The van der Waals surface area contributed by atoms with Crippen LogP contribution in [0.4, 0.5) is 0 Å². The molecule has 15 heavy (non-hydrogen) atoms. The third-order valence-electron chi connectivity index (χ3n) is 2.81. The van der Waals surface area contributed by atoms with Crippen molar-refractivity contribution in [2.75, 3.05) is 0 Å². The number of carbonyl (C=O) groups is 2. The van der Waals surface area contributed by atoms with Crippen LogP contribution in [0.15, 0.2) is 18.3 Å². The Hall–Kier alpha value is -1.78. The first-order chi connectivity index (χ1) is 7.14. The fraction of sp³-hybridized carbons (Fsp3) is 0.400. The molecule has 1 aromatic rings. The molecule has 0 saturated heterocycles. The molecule has 0 unspecified atom stereocenters. The first-order valence-corrected chi connectivity index (χ1v) is 4.83. The molecule has 5 nitrogen and oxygen atoms in total. The van der Waals surface area contributed by atoms with Crippen LogP contribution in [0.5, 0.6) is 0 Å².